The van der Waals surface area contributed by atoms with Crippen LogP contribution in [0.25, 0.3) is 11.0 Å². The fourth-order valence-corrected chi connectivity index (χ4v) is 3.97. The number of hydrogen-bond donors (Lipinski definition) is 5. The van der Waals surface area contributed by atoms with E-state index in [9.17, 15) is 38.8 Å². The minimum atomic E-state index is -4.78. The highest BCUT2D eigenvalue weighted by Gasteiger charge is 2.30. The first kappa shape index (κ1) is 23.0. The molecule has 0 amide bonds. The zero-order valence-corrected chi connectivity index (χ0v) is 17.3. The Hall–Kier alpha value is -3.64. The molecule has 13 nitrogen and oxygen atoms in total. The molecule has 0 aliphatic rings. The van der Waals surface area contributed by atoms with Crippen LogP contribution in [0.3, 0.4) is 0 Å². The summed E-state index contributed by atoms with van der Waals surface area (Å²) < 4.78 is 16.7. The largest absolute Gasteiger partial charge is 0.465 e. The van der Waals surface area contributed by atoms with Gasteiger partial charge in [-0.3, -0.25) is 29.6 Å². The van der Waals surface area contributed by atoms with Crippen LogP contribution in [0.15, 0.2) is 46.0 Å². The Labute approximate surface area is 178 Å². The second-order valence-corrected chi connectivity index (χ2v) is 8.37. The Morgan fingerprint density at radius 3 is 2.38 bits per heavy atom. The van der Waals surface area contributed by atoms with Gasteiger partial charge in [-0.15, -0.1) is 0 Å². The molecule has 0 aliphatic heterocycles. The van der Waals surface area contributed by atoms with E-state index in [1.807, 2.05) is 0 Å². The zero-order chi connectivity index (χ0) is 23.6. The van der Waals surface area contributed by atoms with Crippen LogP contribution in [0.5, 0.6) is 0 Å². The third kappa shape index (κ3) is 4.81. The van der Waals surface area contributed by atoms with Crippen molar-refractivity contribution in [2.75, 3.05) is 7.11 Å². The number of hydrogen-bond acceptors (Lipinski definition) is 8. The lowest BCUT2D eigenvalue weighted by atomic mass is 10.1. The average molecular weight is 464 g/mol. The second kappa shape index (κ2) is 8.85. The van der Waals surface area contributed by atoms with E-state index in [0.717, 1.165) is 12.1 Å². The van der Waals surface area contributed by atoms with Gasteiger partial charge in [0, 0.05) is 18.7 Å². The van der Waals surface area contributed by atoms with E-state index in [2.05, 4.69) is 20.0 Å². The van der Waals surface area contributed by atoms with Crippen molar-refractivity contribution in [1.29, 1.82) is 0 Å². The predicted octanol–water partition coefficient (Wildman–Crippen LogP) is 0.877. The molecule has 0 saturated carbocycles. The van der Waals surface area contributed by atoms with Crippen LogP contribution in [0.4, 0.5) is 5.69 Å². The van der Waals surface area contributed by atoms with Gasteiger partial charge in [-0.1, -0.05) is 12.1 Å². The number of ether oxygens (including phenoxy) is 1. The summed E-state index contributed by atoms with van der Waals surface area (Å²) in [5.41, 5.74) is -1.91. The molecule has 0 saturated heterocycles. The molecular formula is C18H17N4O9P. The lowest BCUT2D eigenvalue weighted by Gasteiger charge is -2.21. The van der Waals surface area contributed by atoms with Crippen LogP contribution in [-0.4, -0.2) is 37.8 Å². The summed E-state index contributed by atoms with van der Waals surface area (Å²) in [6.07, 6.45) is 0. The summed E-state index contributed by atoms with van der Waals surface area (Å²) in [6, 6.07) is 7.48. The molecule has 0 aliphatic carbocycles. The second-order valence-electron chi connectivity index (χ2n) is 6.68. The van der Waals surface area contributed by atoms with E-state index < -0.39 is 41.1 Å². The molecule has 2 aromatic carbocycles. The van der Waals surface area contributed by atoms with Crippen molar-refractivity contribution >= 4 is 30.3 Å². The number of methoxy groups -OCH3 is 1. The Balaban J connectivity index is 2.01. The lowest BCUT2D eigenvalue weighted by Crippen LogP contribution is -2.29. The fourth-order valence-electron chi connectivity index (χ4n) is 3.08. The van der Waals surface area contributed by atoms with Crippen LogP contribution in [0.2, 0.25) is 0 Å². The van der Waals surface area contributed by atoms with Crippen molar-refractivity contribution < 1.29 is 28.8 Å². The highest BCUT2D eigenvalue weighted by atomic mass is 31.2. The van der Waals surface area contributed by atoms with E-state index in [0.29, 0.717) is 0 Å². The van der Waals surface area contributed by atoms with Gasteiger partial charge >= 0.3 is 24.7 Å². The number of non-ortho nitro benzene ring substituents is 1. The van der Waals surface area contributed by atoms with Crippen LogP contribution in [-0.2, 0) is 15.8 Å². The molecule has 0 bridgehead atoms. The molecule has 3 rings (SSSR count). The Morgan fingerprint density at radius 2 is 1.81 bits per heavy atom. The number of nitrogens with zero attached hydrogens (tertiary/aromatic N) is 1. The molecule has 14 heteroatoms. The van der Waals surface area contributed by atoms with Gasteiger partial charge in [-0.05, 0) is 23.3 Å². The van der Waals surface area contributed by atoms with Gasteiger partial charge in [0.2, 0.25) is 0 Å². The van der Waals surface area contributed by atoms with Crippen LogP contribution < -0.4 is 16.4 Å². The van der Waals surface area contributed by atoms with Crippen molar-refractivity contribution in [2.24, 2.45) is 0 Å². The third-order valence-corrected chi connectivity index (χ3v) is 5.73. The number of nitrogens with one attached hydrogen (secondary N) is 3. The van der Waals surface area contributed by atoms with E-state index in [-0.39, 0.29) is 34.3 Å². The standard InChI is InChI=1S/C18H17N4O9P/c1-31-18(25)10-4-2-9(3-5-10)17(32(28,29)30)19-8-11-6-12(22(26)27)7-13-14(11)21-16(24)15(23)20-13/h2-7,17,19H,8H2,1H3,(H,20,23)(H,21,24)(H2,28,29,30). The number of carbonyl (C=O) groups is 1. The molecule has 3 aromatic rings. The third-order valence-electron chi connectivity index (χ3n) is 4.58. The number of aromatic amines is 2. The first-order valence-electron chi connectivity index (χ1n) is 8.91. The van der Waals surface area contributed by atoms with Crippen LogP contribution in [0, 0.1) is 10.1 Å². The van der Waals surface area contributed by atoms with Crippen LogP contribution >= 0.6 is 7.60 Å². The van der Waals surface area contributed by atoms with Crippen molar-refractivity contribution in [3.05, 3.63) is 83.9 Å². The fraction of sp³-hybridized carbons (Fsp3) is 0.167. The normalized spacial score (nSPS) is 12.5. The van der Waals surface area contributed by atoms with Crippen LogP contribution in [0.1, 0.15) is 27.3 Å². The van der Waals surface area contributed by atoms with Gasteiger partial charge in [0.25, 0.3) is 5.69 Å². The molecule has 1 heterocycles. The van der Waals surface area contributed by atoms with Gasteiger partial charge in [-0.2, -0.15) is 0 Å². The van der Waals surface area contributed by atoms with Gasteiger partial charge in [0.05, 0.1) is 28.6 Å². The number of esters is 1. The topological polar surface area (TPSA) is 205 Å². The Morgan fingerprint density at radius 1 is 1.19 bits per heavy atom. The molecule has 168 valence electrons. The predicted molar refractivity (Wildman–Crippen MR) is 111 cm³/mol. The SMILES string of the molecule is COC(=O)c1ccc(C(NCc2cc([N+](=O)[O-])cc3[nH]c(=O)c(=O)[nH]c23)P(=O)(O)O)cc1. The molecule has 1 unspecified atom stereocenters. The van der Waals surface area contributed by atoms with Gasteiger partial charge in [-0.25, -0.2) is 4.79 Å². The molecule has 0 spiro atoms. The summed E-state index contributed by atoms with van der Waals surface area (Å²) in [6.45, 7) is -0.311. The highest BCUT2D eigenvalue weighted by molar-refractivity contribution is 7.52. The van der Waals surface area contributed by atoms with Gasteiger partial charge in [0.1, 0.15) is 5.78 Å². The lowest BCUT2D eigenvalue weighted by molar-refractivity contribution is -0.384. The number of aromatic nitrogens is 2. The first-order valence-corrected chi connectivity index (χ1v) is 10.6. The van der Waals surface area contributed by atoms with Gasteiger partial charge in [0.15, 0.2) is 0 Å². The Kier molecular flexibility index (Phi) is 6.37. The van der Waals surface area contributed by atoms with E-state index >= 15 is 0 Å². The molecular weight excluding hydrogens is 447 g/mol. The minimum Gasteiger partial charge on any atom is -0.465 e. The number of nitro benzene ring substituents is 1. The summed E-state index contributed by atoms with van der Waals surface area (Å²) in [7, 11) is -3.59. The quantitative estimate of drug-likeness (QED) is 0.110. The molecule has 5 N–H and O–H groups in total. The number of rotatable bonds is 7. The summed E-state index contributed by atoms with van der Waals surface area (Å²) >= 11 is 0. The number of nitro groups is 1. The maximum absolute atomic E-state index is 12.1. The first-order chi connectivity index (χ1) is 15.0. The minimum absolute atomic E-state index is 0.0178. The number of H-pyrrole nitrogens is 2. The average Bonchev–Trinajstić information content (AvgIpc) is 2.73. The summed E-state index contributed by atoms with van der Waals surface area (Å²) in [5.74, 6) is -2.16. The molecule has 32 heavy (non-hydrogen) atoms. The van der Waals surface area contributed by atoms with Crippen molar-refractivity contribution in [3.8, 4) is 0 Å². The summed E-state index contributed by atoms with van der Waals surface area (Å²) in [5, 5.41) is 13.9. The number of carbonyl (C=O) groups excluding carboxylic acids is 1. The Bertz CT molecular complexity index is 1360. The summed E-state index contributed by atoms with van der Waals surface area (Å²) in [4.78, 5) is 69.6. The molecule has 1 aromatic heterocycles. The smallest absolute Gasteiger partial charge is 0.346 e. The van der Waals surface area contributed by atoms with E-state index in [1.165, 1.54) is 31.4 Å². The zero-order valence-electron chi connectivity index (χ0n) is 16.4. The molecule has 0 radical (unpaired) electrons. The van der Waals surface area contributed by atoms with E-state index in [1.54, 1.807) is 0 Å². The maximum Gasteiger partial charge on any atom is 0.346 e. The maximum atomic E-state index is 12.1. The molecule has 1 atom stereocenters. The van der Waals surface area contributed by atoms with Crippen molar-refractivity contribution in [1.82, 2.24) is 15.3 Å². The molecule has 0 fully saturated rings. The number of benzene rings is 2. The van der Waals surface area contributed by atoms with E-state index in [4.69, 9.17) is 0 Å². The highest BCUT2D eigenvalue weighted by Crippen LogP contribution is 2.50. The van der Waals surface area contributed by atoms with Gasteiger partial charge < -0.3 is 24.5 Å². The van der Waals surface area contributed by atoms with Crippen molar-refractivity contribution in [3.63, 3.8) is 0 Å². The number of fused-ring (bicyclic) bond motifs is 1. The van der Waals surface area contributed by atoms with Crippen molar-refractivity contribution in [2.45, 2.75) is 12.3 Å². The monoisotopic (exact) mass is 464 g/mol.